The van der Waals surface area contributed by atoms with E-state index in [-0.39, 0.29) is 69.9 Å². The molecule has 6 rings (SSSR count). The third-order valence-corrected chi connectivity index (χ3v) is 8.54. The summed E-state index contributed by atoms with van der Waals surface area (Å²) in [5.41, 5.74) is -0.934. The lowest BCUT2D eigenvalue weighted by atomic mass is 10.0. The van der Waals surface area contributed by atoms with Gasteiger partial charge in [-0.3, -0.25) is 9.59 Å². The predicted octanol–water partition coefficient (Wildman–Crippen LogP) is 4.91. The summed E-state index contributed by atoms with van der Waals surface area (Å²) in [5, 5.41) is 22.8. The lowest BCUT2D eigenvalue weighted by Crippen LogP contribution is -2.48. The number of rotatable bonds is 7. The van der Waals surface area contributed by atoms with Crippen molar-refractivity contribution < 1.29 is 33.4 Å². The number of aromatic nitrogens is 3. The summed E-state index contributed by atoms with van der Waals surface area (Å²) >= 11 is 6.77. The van der Waals surface area contributed by atoms with Gasteiger partial charge in [-0.05, 0) is 56.7 Å². The van der Waals surface area contributed by atoms with E-state index < -0.39 is 35.5 Å². The molecule has 0 bridgehead atoms. The van der Waals surface area contributed by atoms with E-state index in [1.165, 1.54) is 56.0 Å². The molecule has 0 saturated carbocycles. The molecule has 1 saturated heterocycles. The van der Waals surface area contributed by atoms with E-state index in [0.717, 1.165) is 4.90 Å². The van der Waals surface area contributed by atoms with Crippen LogP contribution in [0.15, 0.2) is 42.5 Å². The molecule has 12 nitrogen and oxygen atoms in total. The van der Waals surface area contributed by atoms with E-state index in [9.17, 15) is 29.0 Å². The van der Waals surface area contributed by atoms with Crippen molar-refractivity contribution >= 4 is 58.0 Å². The number of hydrogen-bond donors (Lipinski definition) is 3. The Kier molecular flexibility index (Phi) is 8.18. The van der Waals surface area contributed by atoms with Crippen LogP contribution in [0.2, 0.25) is 5.02 Å². The number of imide groups is 1. The molecule has 47 heavy (non-hydrogen) atoms. The summed E-state index contributed by atoms with van der Waals surface area (Å²) in [7, 11) is 0. The number of fused-ring (bicyclic) bond motifs is 2. The van der Waals surface area contributed by atoms with E-state index in [1.54, 1.807) is 12.1 Å². The Balaban J connectivity index is 1.44. The van der Waals surface area contributed by atoms with Crippen molar-refractivity contribution in [3.63, 3.8) is 0 Å². The van der Waals surface area contributed by atoms with Crippen molar-refractivity contribution in [2.45, 2.75) is 32.5 Å². The zero-order valence-corrected chi connectivity index (χ0v) is 26.3. The Morgan fingerprint density at radius 3 is 2.26 bits per heavy atom. The molecule has 1 atom stereocenters. The predicted molar refractivity (Wildman–Crippen MR) is 172 cm³/mol. The Hall–Kier alpha value is -4.95. The molecule has 0 unspecified atom stereocenters. The van der Waals surface area contributed by atoms with Crippen molar-refractivity contribution in [3.8, 4) is 11.3 Å². The van der Waals surface area contributed by atoms with Gasteiger partial charge in [0.15, 0.2) is 5.82 Å². The second-order valence-corrected chi connectivity index (χ2v) is 12.3. The molecule has 2 aromatic carbocycles. The first kappa shape index (κ1) is 32.0. The van der Waals surface area contributed by atoms with Crippen LogP contribution in [0.3, 0.4) is 0 Å². The van der Waals surface area contributed by atoms with Crippen LogP contribution in [0.1, 0.15) is 40.1 Å². The Morgan fingerprint density at radius 1 is 1.02 bits per heavy atom. The topological polar surface area (TPSA) is 152 Å². The number of benzene rings is 2. The number of alkyl halides is 1. The van der Waals surface area contributed by atoms with Crippen molar-refractivity contribution in [1.82, 2.24) is 19.9 Å². The third-order valence-electron chi connectivity index (χ3n) is 8.22. The van der Waals surface area contributed by atoms with Gasteiger partial charge in [-0.2, -0.15) is 4.98 Å². The quantitative estimate of drug-likeness (QED) is 0.232. The van der Waals surface area contributed by atoms with E-state index >= 15 is 4.39 Å². The SMILES string of the molecule is Cc1cc(N2C(=O)c3ccccc3C2=O)nc(-c2cc3nc(NC[C@@H](F)C(C)(C)O)nc(N4CCN(C(=O)O)CC4)c3cc2Cl)c1F. The van der Waals surface area contributed by atoms with Gasteiger partial charge in [0.1, 0.15) is 23.5 Å². The fourth-order valence-electron chi connectivity index (χ4n) is 5.50. The van der Waals surface area contributed by atoms with Crippen LogP contribution in [-0.2, 0) is 0 Å². The van der Waals surface area contributed by atoms with Crippen molar-refractivity contribution in [1.29, 1.82) is 0 Å². The Morgan fingerprint density at radius 2 is 1.66 bits per heavy atom. The summed E-state index contributed by atoms with van der Waals surface area (Å²) in [5.74, 6) is -1.59. The fourth-order valence-corrected chi connectivity index (χ4v) is 5.76. The highest BCUT2D eigenvalue weighted by molar-refractivity contribution is 6.35. The van der Waals surface area contributed by atoms with Gasteiger partial charge in [-0.1, -0.05) is 23.7 Å². The van der Waals surface area contributed by atoms with Crippen molar-refractivity contribution in [2.24, 2.45) is 0 Å². The second-order valence-electron chi connectivity index (χ2n) is 11.9. The number of piperazine rings is 1. The zero-order chi connectivity index (χ0) is 33.8. The van der Waals surface area contributed by atoms with Crippen LogP contribution in [0, 0.1) is 12.7 Å². The van der Waals surface area contributed by atoms with E-state index in [1.807, 2.05) is 4.90 Å². The maximum Gasteiger partial charge on any atom is 0.407 e. The summed E-state index contributed by atoms with van der Waals surface area (Å²) in [6.45, 7) is 4.84. The van der Waals surface area contributed by atoms with Gasteiger partial charge < -0.3 is 25.3 Å². The molecule has 3 N–H and O–H groups in total. The highest BCUT2D eigenvalue weighted by Gasteiger charge is 2.38. The maximum absolute atomic E-state index is 15.8. The van der Waals surface area contributed by atoms with Gasteiger partial charge in [0.05, 0.1) is 33.8 Å². The molecule has 0 spiro atoms. The van der Waals surface area contributed by atoms with Crippen LogP contribution < -0.4 is 15.1 Å². The summed E-state index contributed by atoms with van der Waals surface area (Å²) < 4.78 is 30.4. The Bertz CT molecular complexity index is 1910. The van der Waals surface area contributed by atoms with Gasteiger partial charge in [0.2, 0.25) is 5.95 Å². The number of nitrogens with zero attached hydrogens (tertiary/aromatic N) is 6. The molecule has 2 aliphatic heterocycles. The molecule has 3 amide bonds. The van der Waals surface area contributed by atoms with Crippen molar-refractivity contribution in [3.05, 3.63) is 70.0 Å². The molecule has 244 valence electrons. The number of anilines is 3. The lowest BCUT2D eigenvalue weighted by molar-refractivity contribution is 0.00317. The minimum Gasteiger partial charge on any atom is -0.465 e. The number of carboxylic acid groups (broad SMARTS) is 1. The molecular weight excluding hydrogens is 636 g/mol. The molecule has 1 fully saturated rings. The number of pyridine rings is 1. The molecular formula is C32H30ClF2N7O5. The van der Waals surface area contributed by atoms with E-state index in [4.69, 9.17) is 11.6 Å². The van der Waals surface area contributed by atoms with Crippen LogP contribution in [0.25, 0.3) is 22.2 Å². The van der Waals surface area contributed by atoms with E-state index in [0.29, 0.717) is 24.3 Å². The highest BCUT2D eigenvalue weighted by Crippen LogP contribution is 2.38. The van der Waals surface area contributed by atoms with Gasteiger partial charge >= 0.3 is 6.09 Å². The number of aliphatic hydroxyl groups is 1. The first-order valence-electron chi connectivity index (χ1n) is 14.7. The Labute approximate surface area is 272 Å². The zero-order valence-electron chi connectivity index (χ0n) is 25.6. The van der Waals surface area contributed by atoms with Gasteiger partial charge in [0, 0.05) is 37.1 Å². The van der Waals surface area contributed by atoms with Gasteiger partial charge in [-0.25, -0.2) is 28.4 Å². The molecule has 0 aliphatic carbocycles. The monoisotopic (exact) mass is 665 g/mol. The van der Waals surface area contributed by atoms with Gasteiger partial charge in [0.25, 0.3) is 11.8 Å². The fraction of sp³-hybridized carbons (Fsp3) is 0.312. The molecule has 15 heteroatoms. The smallest absolute Gasteiger partial charge is 0.407 e. The van der Waals surface area contributed by atoms with Crippen LogP contribution in [0.5, 0.6) is 0 Å². The average molecular weight is 666 g/mol. The third kappa shape index (κ3) is 5.89. The summed E-state index contributed by atoms with van der Waals surface area (Å²) in [6, 6.07) is 10.7. The maximum atomic E-state index is 15.8. The molecule has 4 heterocycles. The largest absolute Gasteiger partial charge is 0.465 e. The lowest BCUT2D eigenvalue weighted by Gasteiger charge is -2.34. The second kappa shape index (κ2) is 12.0. The molecule has 0 radical (unpaired) electrons. The minimum atomic E-state index is -1.67. The highest BCUT2D eigenvalue weighted by atomic mass is 35.5. The normalized spacial score (nSPS) is 15.8. The number of aryl methyl sites for hydroxylation is 1. The first-order valence-corrected chi connectivity index (χ1v) is 15.1. The minimum absolute atomic E-state index is 0.0118. The van der Waals surface area contributed by atoms with Crippen LogP contribution in [0.4, 0.5) is 31.2 Å². The number of carbonyl (C=O) groups excluding carboxylic acids is 2. The van der Waals surface area contributed by atoms with Crippen LogP contribution in [-0.4, -0.2) is 92.5 Å². The standard InChI is InChI=1S/C32H30ClF2N7O5/c1-16-12-24(42-28(43)17-6-4-5-7-18(17)29(42)44)38-26(25(16)35)19-14-22-20(13-21(19)33)27(40-8-10-41(11-9-40)31(45)46)39-30(37-22)36-15-23(34)32(2,3)47/h4-7,12-14,23,47H,8-11,15H2,1-3H3,(H,45,46)(H,36,37,39)/t23-/m1/s1. The average Bonchev–Trinajstić information content (AvgIpc) is 3.29. The number of carbonyl (C=O) groups is 3. The molecule has 2 aromatic heterocycles. The number of nitrogens with one attached hydrogen (secondary N) is 1. The van der Waals surface area contributed by atoms with Gasteiger partial charge in [-0.15, -0.1) is 0 Å². The first-order chi connectivity index (χ1) is 22.2. The van der Waals surface area contributed by atoms with E-state index in [2.05, 4.69) is 20.3 Å². The van der Waals surface area contributed by atoms with Crippen LogP contribution >= 0.6 is 11.6 Å². The molecule has 2 aliphatic rings. The summed E-state index contributed by atoms with van der Waals surface area (Å²) in [6.07, 6.45) is -2.71. The molecule has 4 aromatic rings. The van der Waals surface area contributed by atoms with Crippen molar-refractivity contribution in [2.75, 3.05) is 47.8 Å². The number of halogens is 3. The number of hydrogen-bond acceptors (Lipinski definition) is 9. The summed E-state index contributed by atoms with van der Waals surface area (Å²) in [4.78, 5) is 55.4. The number of amides is 3.